The molecule has 8 heteroatoms. The molecule has 0 fully saturated rings. The van der Waals surface area contributed by atoms with Crippen molar-refractivity contribution in [3.05, 3.63) is 54.2 Å². The molecule has 0 radical (unpaired) electrons. The molecule has 1 aromatic heterocycles. The maximum atomic E-state index is 13.5. The number of benzene rings is 2. The molecule has 2 N–H and O–H groups in total. The zero-order valence-electron chi connectivity index (χ0n) is 12.7. The molecule has 0 unspecified atom stereocenters. The Bertz CT molecular complexity index is 936. The van der Waals surface area contributed by atoms with Gasteiger partial charge in [0.05, 0.1) is 11.3 Å². The predicted molar refractivity (Wildman–Crippen MR) is 84.5 cm³/mol. The van der Waals surface area contributed by atoms with Crippen LogP contribution in [0.5, 0.6) is 11.5 Å². The van der Waals surface area contributed by atoms with Crippen molar-refractivity contribution in [3.63, 3.8) is 0 Å². The van der Waals surface area contributed by atoms with E-state index in [0.717, 1.165) is 4.68 Å². The van der Waals surface area contributed by atoms with Crippen LogP contribution in [-0.2, 0) is 6.18 Å². The Morgan fingerprint density at radius 1 is 1.00 bits per heavy atom. The Morgan fingerprint density at radius 2 is 1.72 bits per heavy atom. The van der Waals surface area contributed by atoms with E-state index in [1.807, 2.05) is 0 Å². The van der Waals surface area contributed by atoms with Gasteiger partial charge in [0.2, 0.25) is 6.79 Å². The van der Waals surface area contributed by atoms with Crippen LogP contribution in [0, 0.1) is 0 Å². The van der Waals surface area contributed by atoms with E-state index in [4.69, 9.17) is 15.2 Å². The fraction of sp³-hybridized carbons (Fsp3) is 0.118. The quantitative estimate of drug-likeness (QED) is 0.764. The summed E-state index contributed by atoms with van der Waals surface area (Å²) in [5.74, 6) is 0.751. The van der Waals surface area contributed by atoms with Crippen LogP contribution in [-0.4, -0.2) is 16.6 Å². The van der Waals surface area contributed by atoms with Gasteiger partial charge in [0.25, 0.3) is 0 Å². The third-order valence-electron chi connectivity index (χ3n) is 3.85. The average molecular weight is 347 g/mol. The summed E-state index contributed by atoms with van der Waals surface area (Å²) in [6.07, 6.45) is -4.65. The minimum absolute atomic E-state index is 0.0314. The van der Waals surface area contributed by atoms with Gasteiger partial charge in [-0.2, -0.15) is 18.3 Å². The lowest BCUT2D eigenvalue weighted by Crippen LogP contribution is -2.08. The first-order valence-corrected chi connectivity index (χ1v) is 7.36. The molecule has 1 aliphatic rings. The van der Waals surface area contributed by atoms with Gasteiger partial charge < -0.3 is 15.2 Å². The smallest absolute Gasteiger partial charge is 0.435 e. The minimum atomic E-state index is -4.65. The average Bonchev–Trinajstić information content (AvgIpc) is 3.18. The van der Waals surface area contributed by atoms with E-state index in [9.17, 15) is 13.2 Å². The number of rotatable bonds is 2. The second-order valence-electron chi connectivity index (χ2n) is 5.42. The lowest BCUT2D eigenvalue weighted by Gasteiger charge is -2.08. The van der Waals surface area contributed by atoms with Gasteiger partial charge in [-0.05, 0) is 29.8 Å². The van der Waals surface area contributed by atoms with Crippen molar-refractivity contribution in [1.29, 1.82) is 0 Å². The van der Waals surface area contributed by atoms with E-state index in [-0.39, 0.29) is 23.7 Å². The summed E-state index contributed by atoms with van der Waals surface area (Å²) < 4.78 is 52.1. The first-order valence-electron chi connectivity index (χ1n) is 7.36. The highest BCUT2D eigenvalue weighted by Crippen LogP contribution is 2.43. The Labute approximate surface area is 140 Å². The van der Waals surface area contributed by atoms with Crippen molar-refractivity contribution in [1.82, 2.24) is 9.78 Å². The van der Waals surface area contributed by atoms with E-state index in [2.05, 4.69) is 5.10 Å². The zero-order chi connectivity index (χ0) is 17.6. The first kappa shape index (κ1) is 15.4. The topological polar surface area (TPSA) is 62.3 Å². The van der Waals surface area contributed by atoms with Crippen molar-refractivity contribution in [2.75, 3.05) is 12.5 Å². The molecule has 0 spiro atoms. The number of anilines is 1. The molecule has 0 aliphatic carbocycles. The third-order valence-corrected chi connectivity index (χ3v) is 3.85. The van der Waals surface area contributed by atoms with Gasteiger partial charge in [-0.3, -0.25) is 0 Å². The van der Waals surface area contributed by atoms with Crippen molar-refractivity contribution in [2.24, 2.45) is 0 Å². The monoisotopic (exact) mass is 347 g/mol. The van der Waals surface area contributed by atoms with Crippen molar-refractivity contribution in [2.45, 2.75) is 6.18 Å². The van der Waals surface area contributed by atoms with E-state index in [0.29, 0.717) is 17.2 Å². The second kappa shape index (κ2) is 5.44. The number of nitrogens with zero attached hydrogens (tertiary/aromatic N) is 2. The van der Waals surface area contributed by atoms with Gasteiger partial charge >= 0.3 is 6.18 Å². The summed E-state index contributed by atoms with van der Waals surface area (Å²) in [6, 6.07) is 12.9. The molecule has 2 aromatic carbocycles. The maximum absolute atomic E-state index is 13.5. The Kier molecular flexibility index (Phi) is 3.34. The maximum Gasteiger partial charge on any atom is 0.435 e. The van der Waals surface area contributed by atoms with Gasteiger partial charge in [-0.15, -0.1) is 0 Å². The lowest BCUT2D eigenvalue weighted by atomic mass is 10.0. The molecule has 2 heterocycles. The van der Waals surface area contributed by atoms with Gasteiger partial charge in [-0.1, -0.05) is 24.3 Å². The van der Waals surface area contributed by atoms with Crippen LogP contribution in [0.3, 0.4) is 0 Å². The number of hydrogen-bond acceptors (Lipinski definition) is 4. The SMILES string of the molecule is Nc1c(-c2ccc3c(c2)OCO3)c(C(F)(F)F)nn1-c1ccccc1. The van der Waals surface area contributed by atoms with E-state index in [1.54, 1.807) is 36.4 Å². The Morgan fingerprint density at radius 3 is 2.44 bits per heavy atom. The number of para-hydroxylation sites is 1. The number of fused-ring (bicyclic) bond motifs is 1. The zero-order valence-corrected chi connectivity index (χ0v) is 12.7. The molecule has 128 valence electrons. The van der Waals surface area contributed by atoms with Crippen LogP contribution in [0.2, 0.25) is 0 Å². The largest absolute Gasteiger partial charge is 0.454 e. The highest BCUT2D eigenvalue weighted by molar-refractivity contribution is 5.80. The molecule has 5 nitrogen and oxygen atoms in total. The van der Waals surface area contributed by atoms with E-state index < -0.39 is 11.9 Å². The summed E-state index contributed by atoms with van der Waals surface area (Å²) in [5, 5.41) is 3.72. The van der Waals surface area contributed by atoms with Crippen LogP contribution in [0.15, 0.2) is 48.5 Å². The molecule has 25 heavy (non-hydrogen) atoms. The number of ether oxygens (including phenoxy) is 2. The van der Waals surface area contributed by atoms with Gasteiger partial charge in [0.1, 0.15) is 5.82 Å². The minimum Gasteiger partial charge on any atom is -0.454 e. The van der Waals surface area contributed by atoms with Crippen molar-refractivity contribution in [3.8, 4) is 28.3 Å². The van der Waals surface area contributed by atoms with Crippen molar-refractivity contribution >= 4 is 5.82 Å². The molecule has 0 saturated carbocycles. The second-order valence-corrected chi connectivity index (χ2v) is 5.42. The number of nitrogens with two attached hydrogens (primary N) is 1. The van der Waals surface area contributed by atoms with Crippen LogP contribution >= 0.6 is 0 Å². The van der Waals surface area contributed by atoms with Crippen LogP contribution in [0.25, 0.3) is 16.8 Å². The van der Waals surface area contributed by atoms with Gasteiger partial charge in [0.15, 0.2) is 17.2 Å². The van der Waals surface area contributed by atoms with Gasteiger partial charge in [-0.25, -0.2) is 4.68 Å². The summed E-state index contributed by atoms with van der Waals surface area (Å²) >= 11 is 0. The summed E-state index contributed by atoms with van der Waals surface area (Å²) in [7, 11) is 0. The molecule has 0 amide bonds. The van der Waals surface area contributed by atoms with Crippen LogP contribution < -0.4 is 15.2 Å². The standard InChI is InChI=1S/C17H12F3N3O2/c18-17(19,20)15-14(10-6-7-12-13(8-10)25-9-24-12)16(21)23(22-15)11-4-2-1-3-5-11/h1-8H,9,21H2. The van der Waals surface area contributed by atoms with Crippen LogP contribution in [0.1, 0.15) is 5.69 Å². The number of alkyl halides is 3. The van der Waals surface area contributed by atoms with Crippen molar-refractivity contribution < 1.29 is 22.6 Å². The molecule has 0 atom stereocenters. The molecule has 3 aromatic rings. The lowest BCUT2D eigenvalue weighted by molar-refractivity contribution is -0.140. The molecule has 0 bridgehead atoms. The molecular weight excluding hydrogens is 335 g/mol. The number of aromatic nitrogens is 2. The van der Waals surface area contributed by atoms with Gasteiger partial charge in [0, 0.05) is 0 Å². The summed E-state index contributed by atoms with van der Waals surface area (Å²) in [4.78, 5) is 0. The summed E-state index contributed by atoms with van der Waals surface area (Å²) in [5.41, 5.74) is 5.51. The normalized spacial score (nSPS) is 13.2. The number of hydrogen-bond donors (Lipinski definition) is 1. The molecule has 4 rings (SSSR count). The Hall–Kier alpha value is -3.16. The predicted octanol–water partition coefficient (Wildman–Crippen LogP) is 3.87. The highest BCUT2D eigenvalue weighted by atomic mass is 19.4. The number of halogens is 3. The fourth-order valence-electron chi connectivity index (χ4n) is 2.73. The van der Waals surface area contributed by atoms with Crippen LogP contribution in [0.4, 0.5) is 19.0 Å². The van der Waals surface area contributed by atoms with E-state index in [1.165, 1.54) is 12.1 Å². The number of nitrogen functional groups attached to an aromatic ring is 1. The summed E-state index contributed by atoms with van der Waals surface area (Å²) in [6.45, 7) is 0.0314. The molecule has 0 saturated heterocycles. The molecule has 1 aliphatic heterocycles. The highest BCUT2D eigenvalue weighted by Gasteiger charge is 2.39. The van der Waals surface area contributed by atoms with E-state index >= 15 is 0 Å². The molecular formula is C17H12F3N3O2. The first-order chi connectivity index (χ1) is 11.9. The fourth-order valence-corrected chi connectivity index (χ4v) is 2.73. The third kappa shape index (κ3) is 2.55. The Balaban J connectivity index is 1.93.